The molecule has 180 valence electrons. The van der Waals surface area contributed by atoms with Crippen LogP contribution in [0.5, 0.6) is 5.75 Å². The van der Waals surface area contributed by atoms with Crippen LogP contribution in [0.2, 0.25) is 0 Å². The maximum atomic E-state index is 14.7. The Balaban J connectivity index is 1.95. The zero-order chi connectivity index (χ0) is 25.1. The van der Waals surface area contributed by atoms with Crippen LogP contribution in [0.1, 0.15) is 43.6 Å². The van der Waals surface area contributed by atoms with Gasteiger partial charge in [-0.15, -0.1) is 0 Å². The normalized spacial score (nSPS) is 14.2. The maximum absolute atomic E-state index is 14.7. The zero-order valence-electron chi connectivity index (χ0n) is 20.1. The van der Waals surface area contributed by atoms with Gasteiger partial charge in [-0.05, 0) is 86.2 Å². The van der Waals surface area contributed by atoms with Gasteiger partial charge in [0.05, 0.1) is 17.7 Å². The van der Waals surface area contributed by atoms with E-state index in [1.165, 1.54) is 12.1 Å². The number of aliphatic carboxylic acids is 1. The third kappa shape index (κ3) is 3.96. The first-order valence-electron chi connectivity index (χ1n) is 11.5. The highest BCUT2D eigenvalue weighted by atomic mass is 19.1. The van der Waals surface area contributed by atoms with Crippen molar-refractivity contribution in [3.05, 3.63) is 65.1 Å². The van der Waals surface area contributed by atoms with E-state index >= 15 is 0 Å². The van der Waals surface area contributed by atoms with Gasteiger partial charge in [0.25, 0.3) is 0 Å². The smallest absolute Gasteiger partial charge is 0.337 e. The molecule has 0 bridgehead atoms. The van der Waals surface area contributed by atoms with Crippen molar-refractivity contribution in [2.75, 3.05) is 12.3 Å². The molecular formula is C28H27FN2O4. The number of aryl methyl sites for hydroxylation is 1. The van der Waals surface area contributed by atoms with Gasteiger partial charge in [-0.25, -0.2) is 9.18 Å². The maximum Gasteiger partial charge on any atom is 0.337 e. The number of rotatable bonds is 4. The number of hydrogen-bond donors (Lipinski definition) is 2. The van der Waals surface area contributed by atoms with Crippen LogP contribution in [0.3, 0.4) is 0 Å². The standard InChI is InChI=1S/C28H27FN2O4/c1-14-11-18-19(12-16(29)13-20(18)30)24(22(14)26(27(32)33)35-28(2,3)4)17-5-6-21-23-15(8-10-34-21)7-9-31-25(17)23/h5-7,9,11-13,26H,8,10,30H2,1-4H3,(H,32,33)/t26-/m0/s1. The molecule has 0 spiro atoms. The molecule has 0 saturated heterocycles. The average molecular weight is 475 g/mol. The Morgan fingerprint density at radius 1 is 1.20 bits per heavy atom. The number of carbonyl (C=O) groups is 1. The van der Waals surface area contributed by atoms with Gasteiger partial charge in [0.15, 0.2) is 6.10 Å². The van der Waals surface area contributed by atoms with E-state index in [2.05, 4.69) is 4.98 Å². The van der Waals surface area contributed by atoms with Crippen LogP contribution in [-0.4, -0.2) is 28.3 Å². The molecule has 7 heteroatoms. The molecule has 0 fully saturated rings. The van der Waals surface area contributed by atoms with Crippen LogP contribution < -0.4 is 10.5 Å². The monoisotopic (exact) mass is 474 g/mol. The molecule has 35 heavy (non-hydrogen) atoms. The second kappa shape index (κ2) is 8.20. The lowest BCUT2D eigenvalue weighted by Crippen LogP contribution is -2.28. The van der Waals surface area contributed by atoms with E-state index in [0.29, 0.717) is 45.1 Å². The van der Waals surface area contributed by atoms with Gasteiger partial charge >= 0.3 is 5.97 Å². The van der Waals surface area contributed by atoms with E-state index in [0.717, 1.165) is 23.1 Å². The van der Waals surface area contributed by atoms with E-state index in [1.807, 2.05) is 25.1 Å². The number of aromatic nitrogens is 1. The van der Waals surface area contributed by atoms with Crippen LogP contribution in [0.25, 0.3) is 32.8 Å². The van der Waals surface area contributed by atoms with Crippen molar-refractivity contribution < 1.29 is 23.8 Å². The Kier molecular flexibility index (Phi) is 5.40. The molecule has 4 aromatic rings. The summed E-state index contributed by atoms with van der Waals surface area (Å²) < 4.78 is 26.6. The number of anilines is 1. The van der Waals surface area contributed by atoms with Crippen LogP contribution in [0, 0.1) is 12.7 Å². The van der Waals surface area contributed by atoms with Crippen molar-refractivity contribution in [1.29, 1.82) is 0 Å². The van der Waals surface area contributed by atoms with Gasteiger partial charge in [0.2, 0.25) is 0 Å². The summed E-state index contributed by atoms with van der Waals surface area (Å²) in [7, 11) is 0. The second-order valence-electron chi connectivity index (χ2n) is 9.92. The molecule has 3 N–H and O–H groups in total. The highest BCUT2D eigenvalue weighted by Gasteiger charge is 2.33. The number of nitrogens with zero attached hydrogens (tertiary/aromatic N) is 1. The van der Waals surface area contributed by atoms with Gasteiger partial charge in [0.1, 0.15) is 11.6 Å². The fourth-order valence-corrected chi connectivity index (χ4v) is 4.96. The van der Waals surface area contributed by atoms with Crippen molar-refractivity contribution in [2.45, 2.75) is 45.8 Å². The third-order valence-electron chi connectivity index (χ3n) is 6.30. The summed E-state index contributed by atoms with van der Waals surface area (Å²) in [5.41, 5.74) is 9.88. The van der Waals surface area contributed by atoms with Crippen LogP contribution in [0.15, 0.2) is 42.6 Å². The number of nitrogens with two attached hydrogens (primary N) is 1. The highest BCUT2D eigenvalue weighted by molar-refractivity contribution is 6.11. The van der Waals surface area contributed by atoms with Crippen molar-refractivity contribution >= 4 is 33.3 Å². The predicted octanol–water partition coefficient (Wildman–Crippen LogP) is 5.96. The Hall–Kier alpha value is -3.71. The van der Waals surface area contributed by atoms with E-state index in [1.54, 1.807) is 33.0 Å². The molecule has 1 atom stereocenters. The lowest BCUT2D eigenvalue weighted by Gasteiger charge is -2.29. The number of pyridine rings is 1. The van der Waals surface area contributed by atoms with Crippen molar-refractivity contribution in [1.82, 2.24) is 4.98 Å². The summed E-state index contributed by atoms with van der Waals surface area (Å²) in [6, 6.07) is 10.2. The van der Waals surface area contributed by atoms with Gasteiger partial charge in [-0.2, -0.15) is 0 Å². The topological polar surface area (TPSA) is 94.7 Å². The largest absolute Gasteiger partial charge is 0.493 e. The number of halogens is 1. The summed E-state index contributed by atoms with van der Waals surface area (Å²) in [4.78, 5) is 17.2. The van der Waals surface area contributed by atoms with Gasteiger partial charge in [-0.3, -0.25) is 4.98 Å². The number of hydrogen-bond acceptors (Lipinski definition) is 5. The molecule has 0 aliphatic carbocycles. The SMILES string of the molecule is Cc1cc2c(N)cc(F)cc2c(-c2ccc3c4c(ccnc24)CCO3)c1[C@H](OC(C)(C)C)C(=O)O. The molecule has 5 rings (SSSR count). The first-order chi connectivity index (χ1) is 16.5. The molecule has 1 aromatic heterocycles. The molecule has 0 amide bonds. The van der Waals surface area contributed by atoms with E-state index < -0.39 is 23.5 Å². The summed E-state index contributed by atoms with van der Waals surface area (Å²) >= 11 is 0. The highest BCUT2D eigenvalue weighted by Crippen LogP contribution is 2.46. The Labute approximate surface area is 202 Å². The Morgan fingerprint density at radius 2 is 1.97 bits per heavy atom. The molecule has 3 aromatic carbocycles. The number of nitrogen functional groups attached to an aromatic ring is 1. The first kappa shape index (κ1) is 23.1. The van der Waals surface area contributed by atoms with E-state index in [9.17, 15) is 14.3 Å². The summed E-state index contributed by atoms with van der Waals surface area (Å²) in [5.74, 6) is -0.913. The number of fused-ring (bicyclic) bond motifs is 1. The molecule has 1 aliphatic heterocycles. The number of carboxylic acids is 1. The second-order valence-corrected chi connectivity index (χ2v) is 9.92. The van der Waals surface area contributed by atoms with Gasteiger partial charge in [-0.1, -0.05) is 0 Å². The van der Waals surface area contributed by atoms with Gasteiger partial charge in [0, 0.05) is 40.2 Å². The minimum absolute atomic E-state index is 0.276. The summed E-state index contributed by atoms with van der Waals surface area (Å²) in [6.07, 6.45) is 1.19. The summed E-state index contributed by atoms with van der Waals surface area (Å²) in [6.45, 7) is 7.81. The first-order valence-corrected chi connectivity index (χ1v) is 11.5. The van der Waals surface area contributed by atoms with E-state index in [-0.39, 0.29) is 5.69 Å². The van der Waals surface area contributed by atoms with Crippen LogP contribution in [-0.2, 0) is 16.0 Å². The third-order valence-corrected chi connectivity index (χ3v) is 6.30. The van der Waals surface area contributed by atoms with Crippen molar-refractivity contribution in [2.24, 2.45) is 0 Å². The number of carboxylic acid groups (broad SMARTS) is 1. The Bertz CT molecular complexity index is 1500. The fourth-order valence-electron chi connectivity index (χ4n) is 4.96. The quantitative estimate of drug-likeness (QED) is 0.355. The number of ether oxygens (including phenoxy) is 2. The predicted molar refractivity (Wildman–Crippen MR) is 134 cm³/mol. The molecule has 1 aliphatic rings. The zero-order valence-corrected chi connectivity index (χ0v) is 20.1. The van der Waals surface area contributed by atoms with E-state index in [4.69, 9.17) is 15.2 Å². The Morgan fingerprint density at radius 3 is 2.69 bits per heavy atom. The van der Waals surface area contributed by atoms with Crippen molar-refractivity contribution in [3.63, 3.8) is 0 Å². The number of benzene rings is 3. The molecule has 0 unspecified atom stereocenters. The minimum atomic E-state index is -1.29. The lowest BCUT2D eigenvalue weighted by molar-refractivity contribution is -0.160. The molecule has 0 radical (unpaired) electrons. The van der Waals surface area contributed by atoms with Crippen LogP contribution >= 0.6 is 0 Å². The minimum Gasteiger partial charge on any atom is -0.493 e. The van der Waals surface area contributed by atoms with Gasteiger partial charge < -0.3 is 20.3 Å². The average Bonchev–Trinajstić information content (AvgIpc) is 2.78. The summed E-state index contributed by atoms with van der Waals surface area (Å²) in [5, 5.41) is 12.3. The lowest BCUT2D eigenvalue weighted by atomic mass is 9.85. The molecule has 6 nitrogen and oxygen atoms in total. The molecule has 2 heterocycles. The van der Waals surface area contributed by atoms with Crippen molar-refractivity contribution in [3.8, 4) is 16.9 Å². The molecule has 0 saturated carbocycles. The molecular weight excluding hydrogens is 447 g/mol. The fraction of sp³-hybridized carbons (Fsp3) is 0.286. The van der Waals surface area contributed by atoms with Crippen LogP contribution in [0.4, 0.5) is 10.1 Å².